The maximum Gasteiger partial charge on any atom is 0.208 e. The predicted molar refractivity (Wildman–Crippen MR) is 94.9 cm³/mol. The second-order valence-electron chi connectivity index (χ2n) is 6.24. The molecular weight excluding hydrogens is 310 g/mol. The number of likely N-dealkylation sites (N-methyl/N-ethyl adjacent to an activating group) is 1. The molecular formula is C17H23N3O2S. The van der Waals surface area contributed by atoms with E-state index in [1.807, 2.05) is 0 Å². The summed E-state index contributed by atoms with van der Waals surface area (Å²) in [5, 5.41) is 1.22. The molecule has 3 rings (SSSR count). The van der Waals surface area contributed by atoms with Crippen LogP contribution < -0.4 is 4.72 Å². The standard InChI is InChI=1S/C17H23N3O2S/c1-20-9-6-14(7-10-20)16-12-18-17-4-3-13(11-15(16)17)5-8-19-23(2,21)22/h3-4,6,11-12,18-19H,5,7-10H2,1-2H3. The van der Waals surface area contributed by atoms with Crippen LogP contribution in [0.1, 0.15) is 17.5 Å². The molecule has 124 valence electrons. The lowest BCUT2D eigenvalue weighted by molar-refractivity contribution is 0.370. The van der Waals surface area contributed by atoms with Crippen molar-refractivity contribution in [3.05, 3.63) is 41.6 Å². The van der Waals surface area contributed by atoms with Crippen LogP contribution in [0.4, 0.5) is 0 Å². The van der Waals surface area contributed by atoms with E-state index in [0.29, 0.717) is 13.0 Å². The summed E-state index contributed by atoms with van der Waals surface area (Å²) in [6, 6.07) is 6.30. The van der Waals surface area contributed by atoms with Gasteiger partial charge in [-0.1, -0.05) is 12.1 Å². The highest BCUT2D eigenvalue weighted by molar-refractivity contribution is 7.88. The molecule has 5 nitrogen and oxygen atoms in total. The smallest absolute Gasteiger partial charge is 0.208 e. The maximum absolute atomic E-state index is 11.2. The Kier molecular flexibility index (Phi) is 4.57. The highest BCUT2D eigenvalue weighted by atomic mass is 32.2. The van der Waals surface area contributed by atoms with Crippen LogP contribution in [-0.4, -0.2) is 51.2 Å². The molecule has 0 saturated carbocycles. The highest BCUT2D eigenvalue weighted by Gasteiger charge is 2.13. The molecule has 2 heterocycles. The molecule has 0 spiro atoms. The van der Waals surface area contributed by atoms with E-state index in [4.69, 9.17) is 0 Å². The Morgan fingerprint density at radius 3 is 2.87 bits per heavy atom. The van der Waals surface area contributed by atoms with Crippen molar-refractivity contribution in [3.63, 3.8) is 0 Å². The van der Waals surface area contributed by atoms with E-state index >= 15 is 0 Å². The van der Waals surface area contributed by atoms with E-state index in [-0.39, 0.29) is 0 Å². The van der Waals surface area contributed by atoms with Crippen LogP contribution in [0.2, 0.25) is 0 Å². The fourth-order valence-electron chi connectivity index (χ4n) is 2.99. The molecule has 0 bridgehead atoms. The first-order valence-corrected chi connectivity index (χ1v) is 9.74. The summed E-state index contributed by atoms with van der Waals surface area (Å²) in [5.41, 5.74) is 4.93. The number of nitrogens with zero attached hydrogens (tertiary/aromatic N) is 1. The van der Waals surface area contributed by atoms with Crippen molar-refractivity contribution in [2.45, 2.75) is 12.8 Å². The number of nitrogens with one attached hydrogen (secondary N) is 2. The third-order valence-corrected chi connectivity index (χ3v) is 5.01. The number of hydrogen-bond acceptors (Lipinski definition) is 3. The van der Waals surface area contributed by atoms with Crippen molar-refractivity contribution >= 4 is 26.5 Å². The Bertz CT molecular complexity index is 837. The first-order chi connectivity index (χ1) is 10.9. The van der Waals surface area contributed by atoms with Crippen LogP contribution >= 0.6 is 0 Å². The van der Waals surface area contributed by atoms with Crippen molar-refractivity contribution < 1.29 is 8.42 Å². The summed E-state index contributed by atoms with van der Waals surface area (Å²) in [6.45, 7) is 2.49. The molecule has 1 aliphatic heterocycles. The predicted octanol–water partition coefficient (Wildman–Crippen LogP) is 1.98. The number of sulfonamides is 1. The third kappa shape index (κ3) is 4.02. The van der Waals surface area contributed by atoms with Gasteiger partial charge in [-0.15, -0.1) is 0 Å². The Labute approximate surface area is 137 Å². The van der Waals surface area contributed by atoms with E-state index in [0.717, 1.165) is 30.6 Å². The van der Waals surface area contributed by atoms with Gasteiger partial charge in [0.25, 0.3) is 0 Å². The zero-order chi connectivity index (χ0) is 16.4. The quantitative estimate of drug-likeness (QED) is 0.879. The first kappa shape index (κ1) is 16.2. The molecule has 1 aromatic carbocycles. The summed E-state index contributed by atoms with van der Waals surface area (Å²) in [5.74, 6) is 0. The largest absolute Gasteiger partial charge is 0.361 e. The van der Waals surface area contributed by atoms with Gasteiger partial charge in [0.1, 0.15) is 0 Å². The maximum atomic E-state index is 11.2. The van der Waals surface area contributed by atoms with E-state index in [1.54, 1.807) is 0 Å². The van der Waals surface area contributed by atoms with Crippen LogP contribution in [-0.2, 0) is 16.4 Å². The van der Waals surface area contributed by atoms with Gasteiger partial charge in [0, 0.05) is 42.3 Å². The van der Waals surface area contributed by atoms with E-state index in [9.17, 15) is 8.42 Å². The van der Waals surface area contributed by atoms with Crippen LogP contribution in [0.25, 0.3) is 16.5 Å². The summed E-state index contributed by atoms with van der Waals surface area (Å²) in [4.78, 5) is 5.64. The minimum Gasteiger partial charge on any atom is -0.361 e. The van der Waals surface area contributed by atoms with Crippen LogP contribution in [0.5, 0.6) is 0 Å². The van der Waals surface area contributed by atoms with E-state index in [1.165, 1.54) is 22.8 Å². The molecule has 23 heavy (non-hydrogen) atoms. The summed E-state index contributed by atoms with van der Waals surface area (Å²) in [7, 11) is -0.992. The number of aromatic nitrogens is 1. The molecule has 0 unspecified atom stereocenters. The normalized spacial score (nSPS) is 16.7. The molecule has 0 saturated heterocycles. The van der Waals surface area contributed by atoms with Gasteiger partial charge >= 0.3 is 0 Å². The van der Waals surface area contributed by atoms with Gasteiger partial charge in [-0.2, -0.15) is 0 Å². The third-order valence-electron chi connectivity index (χ3n) is 4.28. The Morgan fingerprint density at radius 1 is 1.35 bits per heavy atom. The summed E-state index contributed by atoms with van der Waals surface area (Å²) >= 11 is 0. The molecule has 0 fully saturated rings. The van der Waals surface area contributed by atoms with Gasteiger partial charge < -0.3 is 9.88 Å². The van der Waals surface area contributed by atoms with Crippen LogP contribution in [0.3, 0.4) is 0 Å². The van der Waals surface area contributed by atoms with Gasteiger partial charge in [-0.05, 0) is 43.2 Å². The zero-order valence-electron chi connectivity index (χ0n) is 13.6. The molecule has 0 aliphatic carbocycles. The Morgan fingerprint density at radius 2 is 2.17 bits per heavy atom. The second-order valence-corrected chi connectivity index (χ2v) is 8.07. The number of benzene rings is 1. The lowest BCUT2D eigenvalue weighted by Gasteiger charge is -2.21. The monoisotopic (exact) mass is 333 g/mol. The summed E-state index contributed by atoms with van der Waals surface area (Å²) < 4.78 is 24.8. The van der Waals surface area contributed by atoms with Crippen molar-refractivity contribution in [3.8, 4) is 0 Å². The summed E-state index contributed by atoms with van der Waals surface area (Å²) in [6.07, 6.45) is 7.32. The topological polar surface area (TPSA) is 65.2 Å². The second kappa shape index (κ2) is 6.47. The zero-order valence-corrected chi connectivity index (χ0v) is 14.4. The molecule has 6 heteroatoms. The van der Waals surface area contributed by atoms with Gasteiger partial charge in [-0.3, -0.25) is 0 Å². The Hall–Kier alpha value is -1.63. The lowest BCUT2D eigenvalue weighted by atomic mass is 9.98. The van der Waals surface area contributed by atoms with Crippen molar-refractivity contribution in [1.29, 1.82) is 0 Å². The molecule has 1 aliphatic rings. The molecule has 0 amide bonds. The fraction of sp³-hybridized carbons (Fsp3) is 0.412. The molecule has 0 atom stereocenters. The minimum absolute atomic E-state index is 0.428. The van der Waals surface area contributed by atoms with Crippen molar-refractivity contribution in [2.24, 2.45) is 0 Å². The number of hydrogen-bond donors (Lipinski definition) is 2. The number of H-pyrrole nitrogens is 1. The van der Waals surface area contributed by atoms with E-state index < -0.39 is 10.0 Å². The van der Waals surface area contributed by atoms with Crippen LogP contribution in [0, 0.1) is 0 Å². The molecule has 1 aromatic heterocycles. The first-order valence-electron chi connectivity index (χ1n) is 7.85. The highest BCUT2D eigenvalue weighted by Crippen LogP contribution is 2.29. The van der Waals surface area contributed by atoms with E-state index in [2.05, 4.69) is 52.1 Å². The molecule has 0 radical (unpaired) electrons. The van der Waals surface area contributed by atoms with Gasteiger partial charge in [0.2, 0.25) is 10.0 Å². The van der Waals surface area contributed by atoms with Gasteiger partial charge in [0.05, 0.1) is 6.26 Å². The van der Waals surface area contributed by atoms with Crippen molar-refractivity contribution in [2.75, 3.05) is 32.9 Å². The number of aromatic amines is 1. The average Bonchev–Trinajstić information content (AvgIpc) is 2.90. The number of fused-ring (bicyclic) bond motifs is 1. The Balaban J connectivity index is 1.82. The molecule has 2 aromatic rings. The molecule has 2 N–H and O–H groups in total. The number of rotatable bonds is 5. The van der Waals surface area contributed by atoms with Gasteiger partial charge in [0.15, 0.2) is 0 Å². The fourth-order valence-corrected chi connectivity index (χ4v) is 3.46. The average molecular weight is 333 g/mol. The SMILES string of the molecule is CN1CC=C(c2c[nH]c3ccc(CCNS(C)(=O)=O)cc23)CC1. The van der Waals surface area contributed by atoms with Gasteiger partial charge in [-0.25, -0.2) is 13.1 Å². The lowest BCUT2D eigenvalue weighted by Crippen LogP contribution is -2.24. The minimum atomic E-state index is -3.13. The van der Waals surface area contributed by atoms with Crippen LogP contribution in [0.15, 0.2) is 30.5 Å². The van der Waals surface area contributed by atoms with Crippen molar-refractivity contribution in [1.82, 2.24) is 14.6 Å².